The number of Topliss-reactive ketones (excluding diaryl/α,β-unsaturated/α-hetero) is 1. The highest BCUT2D eigenvalue weighted by molar-refractivity contribution is 6.01. The molecule has 0 fully saturated rings. The van der Waals surface area contributed by atoms with Crippen LogP contribution in [-0.4, -0.2) is 10.7 Å². The van der Waals surface area contributed by atoms with Crippen molar-refractivity contribution in [1.82, 2.24) is 0 Å². The number of benzene rings is 2. The predicted molar refractivity (Wildman–Crippen MR) is 122 cm³/mol. The molecule has 5 rings (SSSR count). The SMILES string of the molecule is CC1(C)CC(=O)C2=C(C1)Nc1ccccc1N[C@H]2c1ccc(-c2cccc([N+](=O)[O-])c2)o1. The Morgan fingerprint density at radius 2 is 1.81 bits per heavy atom. The van der Waals surface area contributed by atoms with Gasteiger partial charge in [-0.1, -0.05) is 38.1 Å². The van der Waals surface area contributed by atoms with E-state index in [4.69, 9.17) is 4.42 Å². The summed E-state index contributed by atoms with van der Waals surface area (Å²) in [4.78, 5) is 24.0. The third-order valence-electron chi connectivity index (χ3n) is 5.97. The van der Waals surface area contributed by atoms with E-state index in [9.17, 15) is 14.9 Å². The lowest BCUT2D eigenvalue weighted by Gasteiger charge is -2.33. The molecule has 1 aliphatic heterocycles. The summed E-state index contributed by atoms with van der Waals surface area (Å²) in [5, 5.41) is 18.1. The molecule has 0 saturated carbocycles. The van der Waals surface area contributed by atoms with Crippen molar-refractivity contribution >= 4 is 22.8 Å². The van der Waals surface area contributed by atoms with E-state index in [1.807, 2.05) is 30.3 Å². The first-order valence-electron chi connectivity index (χ1n) is 10.5. The second-order valence-electron chi connectivity index (χ2n) is 9.09. The number of carbonyl (C=O) groups is 1. The largest absolute Gasteiger partial charge is 0.459 e. The molecule has 3 aromatic rings. The average Bonchev–Trinajstić information content (AvgIpc) is 3.17. The number of ketones is 1. The van der Waals surface area contributed by atoms with E-state index in [-0.39, 0.29) is 16.9 Å². The Kier molecular flexibility index (Phi) is 4.62. The Hall–Kier alpha value is -3.87. The lowest BCUT2D eigenvalue weighted by molar-refractivity contribution is -0.384. The van der Waals surface area contributed by atoms with Crippen molar-refractivity contribution in [2.75, 3.05) is 10.6 Å². The maximum absolute atomic E-state index is 13.3. The molecule has 7 heteroatoms. The molecule has 2 heterocycles. The molecule has 0 saturated heterocycles. The van der Waals surface area contributed by atoms with E-state index in [2.05, 4.69) is 24.5 Å². The Balaban J connectivity index is 1.60. The summed E-state index contributed by atoms with van der Waals surface area (Å²) in [6, 6.07) is 17.3. The number of carbonyl (C=O) groups excluding carboxylic acids is 1. The van der Waals surface area contributed by atoms with Crippen molar-refractivity contribution in [3.63, 3.8) is 0 Å². The summed E-state index contributed by atoms with van der Waals surface area (Å²) in [5.74, 6) is 1.19. The first-order valence-corrected chi connectivity index (χ1v) is 10.5. The van der Waals surface area contributed by atoms with Crippen molar-refractivity contribution in [3.05, 3.63) is 87.8 Å². The minimum Gasteiger partial charge on any atom is -0.459 e. The molecule has 2 N–H and O–H groups in total. The topological polar surface area (TPSA) is 97.4 Å². The van der Waals surface area contributed by atoms with Gasteiger partial charge < -0.3 is 15.1 Å². The Morgan fingerprint density at radius 1 is 1.03 bits per heavy atom. The smallest absolute Gasteiger partial charge is 0.270 e. The minimum absolute atomic E-state index is 0.000790. The number of furan rings is 1. The van der Waals surface area contributed by atoms with Crippen molar-refractivity contribution in [2.45, 2.75) is 32.7 Å². The zero-order valence-corrected chi connectivity index (χ0v) is 17.8. The number of nitrogens with one attached hydrogen (secondary N) is 2. The van der Waals surface area contributed by atoms with Gasteiger partial charge >= 0.3 is 0 Å². The number of hydrogen-bond acceptors (Lipinski definition) is 6. The summed E-state index contributed by atoms with van der Waals surface area (Å²) >= 11 is 0. The number of non-ortho nitro benzene ring substituents is 1. The molecule has 1 aromatic heterocycles. The van der Waals surface area contributed by atoms with E-state index < -0.39 is 11.0 Å². The molecule has 1 atom stereocenters. The van der Waals surface area contributed by atoms with Crippen LogP contribution in [-0.2, 0) is 4.79 Å². The van der Waals surface area contributed by atoms with Gasteiger partial charge in [0.15, 0.2) is 5.78 Å². The molecule has 0 bridgehead atoms. The highest BCUT2D eigenvalue weighted by Crippen LogP contribution is 2.46. The Morgan fingerprint density at radius 3 is 2.59 bits per heavy atom. The number of hydrogen-bond donors (Lipinski definition) is 2. The zero-order chi connectivity index (χ0) is 22.5. The number of rotatable bonds is 3. The van der Waals surface area contributed by atoms with Crippen LogP contribution in [0.3, 0.4) is 0 Å². The fourth-order valence-electron chi connectivity index (χ4n) is 4.54. The molecular weight excluding hydrogens is 406 g/mol. The summed E-state index contributed by atoms with van der Waals surface area (Å²) in [6.07, 6.45) is 1.21. The molecule has 0 radical (unpaired) electrons. The standard InChI is InChI=1S/C25H23N3O4/c1-25(2)13-19-23(20(29)14-25)24(27-18-9-4-3-8-17(18)26-19)22-11-10-21(32-22)15-6-5-7-16(12-15)28(30)31/h3-12,24,26-27H,13-14H2,1-2H3/t24-/m0/s1. The van der Waals surface area contributed by atoms with Crippen molar-refractivity contribution in [2.24, 2.45) is 5.41 Å². The third kappa shape index (κ3) is 3.56. The van der Waals surface area contributed by atoms with Gasteiger partial charge in [-0.3, -0.25) is 14.9 Å². The van der Waals surface area contributed by atoms with Crippen LogP contribution in [0.5, 0.6) is 0 Å². The summed E-state index contributed by atoms with van der Waals surface area (Å²) in [6.45, 7) is 4.20. The summed E-state index contributed by atoms with van der Waals surface area (Å²) < 4.78 is 6.16. The van der Waals surface area contributed by atoms with E-state index in [1.54, 1.807) is 18.2 Å². The van der Waals surface area contributed by atoms with Crippen LogP contribution < -0.4 is 10.6 Å². The summed E-state index contributed by atoms with van der Waals surface area (Å²) in [5.41, 5.74) is 3.86. The highest BCUT2D eigenvalue weighted by atomic mass is 16.6. The predicted octanol–water partition coefficient (Wildman–Crippen LogP) is 6.08. The highest BCUT2D eigenvalue weighted by Gasteiger charge is 2.39. The molecule has 32 heavy (non-hydrogen) atoms. The molecular formula is C25H23N3O4. The van der Waals surface area contributed by atoms with Crippen LogP contribution in [0.1, 0.15) is 38.5 Å². The molecule has 162 valence electrons. The molecule has 7 nitrogen and oxygen atoms in total. The van der Waals surface area contributed by atoms with Crippen LogP contribution in [0, 0.1) is 15.5 Å². The number of nitrogens with zero attached hydrogens (tertiary/aromatic N) is 1. The third-order valence-corrected chi connectivity index (χ3v) is 5.97. The van der Waals surface area contributed by atoms with Crippen LogP contribution in [0.25, 0.3) is 11.3 Å². The Labute approximate surface area is 185 Å². The van der Waals surface area contributed by atoms with E-state index in [1.165, 1.54) is 12.1 Å². The van der Waals surface area contributed by atoms with Gasteiger partial charge in [0.2, 0.25) is 0 Å². The van der Waals surface area contributed by atoms with Gasteiger partial charge in [0, 0.05) is 35.4 Å². The fourth-order valence-corrected chi connectivity index (χ4v) is 4.54. The molecule has 1 aliphatic carbocycles. The van der Waals surface area contributed by atoms with Gasteiger partial charge in [-0.2, -0.15) is 0 Å². The first-order chi connectivity index (χ1) is 15.3. The second kappa shape index (κ2) is 7.37. The van der Waals surface area contributed by atoms with Crippen molar-refractivity contribution in [3.8, 4) is 11.3 Å². The normalized spacial score (nSPS) is 19.3. The maximum Gasteiger partial charge on any atom is 0.270 e. The van der Waals surface area contributed by atoms with E-state index >= 15 is 0 Å². The maximum atomic E-state index is 13.3. The number of fused-ring (bicyclic) bond motifs is 1. The number of nitro benzene ring substituents is 1. The van der Waals surface area contributed by atoms with Gasteiger partial charge in [0.1, 0.15) is 17.6 Å². The number of allylic oxidation sites excluding steroid dienone is 1. The van der Waals surface area contributed by atoms with Gasteiger partial charge in [0.25, 0.3) is 5.69 Å². The Bertz CT molecular complexity index is 1270. The van der Waals surface area contributed by atoms with Crippen molar-refractivity contribution < 1.29 is 14.1 Å². The molecule has 0 spiro atoms. The number of nitro groups is 1. The van der Waals surface area contributed by atoms with Gasteiger partial charge in [-0.05, 0) is 36.1 Å². The lowest BCUT2D eigenvalue weighted by atomic mass is 9.74. The van der Waals surface area contributed by atoms with E-state index in [0.717, 1.165) is 23.5 Å². The minimum atomic E-state index is -0.461. The molecule has 0 unspecified atom stereocenters. The second-order valence-corrected chi connectivity index (χ2v) is 9.09. The quantitative estimate of drug-likeness (QED) is 0.387. The molecule has 2 aromatic carbocycles. The van der Waals surface area contributed by atoms with Crippen LogP contribution >= 0.6 is 0 Å². The lowest BCUT2D eigenvalue weighted by Crippen LogP contribution is -2.31. The van der Waals surface area contributed by atoms with Crippen LogP contribution in [0.15, 0.2) is 76.4 Å². The first kappa shape index (κ1) is 20.1. The molecule has 0 amide bonds. The monoisotopic (exact) mass is 429 g/mol. The average molecular weight is 429 g/mol. The van der Waals surface area contributed by atoms with Gasteiger partial charge in [-0.25, -0.2) is 0 Å². The van der Waals surface area contributed by atoms with E-state index in [0.29, 0.717) is 29.1 Å². The number of para-hydroxylation sites is 2. The number of anilines is 2. The van der Waals surface area contributed by atoms with Gasteiger partial charge in [0.05, 0.1) is 16.3 Å². The zero-order valence-electron chi connectivity index (χ0n) is 17.8. The molecule has 2 aliphatic rings. The summed E-state index contributed by atoms with van der Waals surface area (Å²) in [7, 11) is 0. The van der Waals surface area contributed by atoms with Gasteiger partial charge in [-0.15, -0.1) is 0 Å². The van der Waals surface area contributed by atoms with Crippen molar-refractivity contribution in [1.29, 1.82) is 0 Å². The van der Waals surface area contributed by atoms with Crippen LogP contribution in [0.4, 0.5) is 17.1 Å². The fraction of sp³-hybridized carbons (Fsp3) is 0.240. The van der Waals surface area contributed by atoms with Crippen LogP contribution in [0.2, 0.25) is 0 Å².